The normalized spacial score (nSPS) is 12.4. The van der Waals surface area contributed by atoms with Gasteiger partial charge in [0.25, 0.3) is 0 Å². The molecule has 8 aromatic carbocycles. The van der Waals surface area contributed by atoms with Crippen LogP contribution in [0.15, 0.2) is 194 Å². The first-order chi connectivity index (χ1) is 25.8. The van der Waals surface area contributed by atoms with Crippen molar-refractivity contribution >= 4 is 33.2 Å². The first-order valence-corrected chi connectivity index (χ1v) is 18.1. The summed E-state index contributed by atoms with van der Waals surface area (Å²) in [6.07, 6.45) is 1.10. The van der Waals surface area contributed by atoms with E-state index < -0.39 is 0 Å². The fourth-order valence-electron chi connectivity index (χ4n) is 8.02. The van der Waals surface area contributed by atoms with Crippen LogP contribution in [0.5, 0.6) is 0 Å². The number of hydrogen-bond acceptors (Lipinski definition) is 1. The third kappa shape index (κ3) is 5.28. The molecular formula is C50H36N2. The van der Waals surface area contributed by atoms with E-state index in [4.69, 9.17) is 0 Å². The zero-order valence-corrected chi connectivity index (χ0v) is 28.8. The summed E-state index contributed by atoms with van der Waals surface area (Å²) in [5.74, 6) is 0. The molecule has 0 unspecified atom stereocenters. The maximum absolute atomic E-state index is 2.43. The van der Waals surface area contributed by atoms with Crippen molar-refractivity contribution in [1.29, 1.82) is 0 Å². The average molecular weight is 665 g/mol. The van der Waals surface area contributed by atoms with Crippen LogP contribution in [0.2, 0.25) is 0 Å². The second-order valence-corrected chi connectivity index (χ2v) is 13.7. The maximum Gasteiger partial charge on any atom is 0.0541 e. The number of rotatable bonds is 6. The Hall–Kier alpha value is -6.64. The van der Waals surface area contributed by atoms with Gasteiger partial charge in [-0.15, -0.1) is 0 Å². The molecule has 0 bridgehead atoms. The van der Waals surface area contributed by atoms with E-state index in [9.17, 15) is 0 Å². The van der Waals surface area contributed by atoms with E-state index in [-0.39, 0.29) is 0 Å². The van der Waals surface area contributed by atoms with Crippen LogP contribution in [0.1, 0.15) is 5.56 Å². The molecule has 0 saturated carbocycles. The molecule has 2 nitrogen and oxygen atoms in total. The Labute approximate surface area is 304 Å². The van der Waals surface area contributed by atoms with Gasteiger partial charge in [0.1, 0.15) is 0 Å². The molecule has 0 aliphatic carbocycles. The third-order valence-corrected chi connectivity index (χ3v) is 10.7. The van der Waals surface area contributed by atoms with Gasteiger partial charge in [-0.25, -0.2) is 0 Å². The molecule has 246 valence electrons. The summed E-state index contributed by atoms with van der Waals surface area (Å²) in [5.41, 5.74) is 17.4. The van der Waals surface area contributed by atoms with Crippen molar-refractivity contribution in [2.45, 2.75) is 6.42 Å². The molecular weight excluding hydrogens is 629 g/mol. The fourth-order valence-corrected chi connectivity index (χ4v) is 8.02. The summed E-state index contributed by atoms with van der Waals surface area (Å²) in [4.78, 5) is 2.43. The predicted molar refractivity (Wildman–Crippen MR) is 220 cm³/mol. The lowest BCUT2D eigenvalue weighted by Gasteiger charge is -2.20. The maximum atomic E-state index is 2.43. The minimum absolute atomic E-state index is 1.04. The minimum Gasteiger partial charge on any atom is -0.341 e. The first kappa shape index (κ1) is 30.2. The lowest BCUT2D eigenvalue weighted by atomic mass is 10.00. The van der Waals surface area contributed by atoms with Crippen molar-refractivity contribution in [2.75, 3.05) is 11.4 Å². The highest BCUT2D eigenvalue weighted by Crippen LogP contribution is 2.38. The molecule has 2 heteroatoms. The van der Waals surface area contributed by atoms with E-state index in [1.54, 1.807) is 0 Å². The summed E-state index contributed by atoms with van der Waals surface area (Å²) in [5, 5.41) is 2.51. The fraction of sp³-hybridized carbons (Fsp3) is 0.0400. The number of para-hydroxylation sites is 1. The van der Waals surface area contributed by atoms with Gasteiger partial charge in [0.15, 0.2) is 0 Å². The van der Waals surface area contributed by atoms with Gasteiger partial charge in [-0.3, -0.25) is 0 Å². The SMILES string of the molecule is c1ccc(-c2ccc3c(c2)c2cc(-c4ccccc4)ccc2n3-c2ccc(-c3ccc(-c4ccc(N5CCc6ccccc65)cc4)cc3)cc2)cc1. The summed E-state index contributed by atoms with van der Waals surface area (Å²) in [7, 11) is 0. The van der Waals surface area contributed by atoms with Gasteiger partial charge >= 0.3 is 0 Å². The summed E-state index contributed by atoms with van der Waals surface area (Å²) in [6, 6.07) is 70.8. The Morgan fingerprint density at radius 3 is 1.25 bits per heavy atom. The van der Waals surface area contributed by atoms with E-state index >= 15 is 0 Å². The molecule has 0 spiro atoms. The van der Waals surface area contributed by atoms with Crippen molar-refractivity contribution in [3.8, 4) is 50.2 Å². The van der Waals surface area contributed by atoms with Gasteiger partial charge in [-0.05, 0) is 111 Å². The molecule has 0 amide bonds. The average Bonchev–Trinajstić information content (AvgIpc) is 3.81. The molecule has 0 saturated heterocycles. The van der Waals surface area contributed by atoms with Gasteiger partial charge in [-0.2, -0.15) is 0 Å². The zero-order chi connectivity index (χ0) is 34.4. The molecule has 0 fully saturated rings. The number of benzene rings is 8. The Morgan fingerprint density at radius 1 is 0.327 bits per heavy atom. The Bertz CT molecular complexity index is 2590. The van der Waals surface area contributed by atoms with Gasteiger partial charge in [0.2, 0.25) is 0 Å². The van der Waals surface area contributed by atoms with Gasteiger partial charge in [0, 0.05) is 34.4 Å². The smallest absolute Gasteiger partial charge is 0.0541 e. The molecule has 2 heterocycles. The van der Waals surface area contributed by atoms with E-state index in [1.807, 2.05) is 0 Å². The van der Waals surface area contributed by atoms with Crippen molar-refractivity contribution in [3.63, 3.8) is 0 Å². The quantitative estimate of drug-likeness (QED) is 0.172. The van der Waals surface area contributed by atoms with Crippen LogP contribution in [-0.2, 0) is 6.42 Å². The lowest BCUT2D eigenvalue weighted by molar-refractivity contribution is 0.998. The Balaban J connectivity index is 0.967. The summed E-state index contributed by atoms with van der Waals surface area (Å²) < 4.78 is 2.41. The Morgan fingerprint density at radius 2 is 0.731 bits per heavy atom. The molecule has 9 aromatic rings. The van der Waals surface area contributed by atoms with Crippen molar-refractivity contribution in [3.05, 3.63) is 200 Å². The predicted octanol–water partition coefficient (Wildman–Crippen LogP) is 13.1. The van der Waals surface area contributed by atoms with Crippen LogP contribution >= 0.6 is 0 Å². The minimum atomic E-state index is 1.04. The monoisotopic (exact) mass is 664 g/mol. The molecule has 1 aliphatic heterocycles. The van der Waals surface area contributed by atoms with Crippen molar-refractivity contribution in [2.24, 2.45) is 0 Å². The number of fused-ring (bicyclic) bond motifs is 4. The molecule has 1 aliphatic rings. The Kier molecular flexibility index (Phi) is 7.32. The van der Waals surface area contributed by atoms with Crippen LogP contribution in [0, 0.1) is 0 Å². The van der Waals surface area contributed by atoms with E-state index in [2.05, 4.69) is 204 Å². The standard InChI is InChI=1S/C50H36N2/c1-3-9-35(10-4-1)42-23-29-49-46(33-42)47-34-43(36-11-5-2-6-12-36)24-30-50(47)52(49)45-27-21-40(22-28-45)38-17-15-37(16-18-38)39-19-25-44(26-20-39)51-32-31-41-13-7-8-14-48(41)51/h1-30,33-34H,31-32H2. The highest BCUT2D eigenvalue weighted by Gasteiger charge is 2.20. The summed E-state index contributed by atoms with van der Waals surface area (Å²) in [6.45, 7) is 1.04. The van der Waals surface area contributed by atoms with E-state index in [0.717, 1.165) is 18.7 Å². The van der Waals surface area contributed by atoms with Crippen molar-refractivity contribution < 1.29 is 0 Å². The van der Waals surface area contributed by atoms with E-state index in [0.29, 0.717) is 0 Å². The first-order valence-electron chi connectivity index (χ1n) is 18.1. The lowest BCUT2D eigenvalue weighted by Crippen LogP contribution is -2.12. The van der Waals surface area contributed by atoms with Crippen LogP contribution in [-0.4, -0.2) is 11.1 Å². The van der Waals surface area contributed by atoms with Crippen LogP contribution in [0.3, 0.4) is 0 Å². The molecule has 0 radical (unpaired) electrons. The molecule has 52 heavy (non-hydrogen) atoms. The topological polar surface area (TPSA) is 8.17 Å². The van der Waals surface area contributed by atoms with Gasteiger partial charge in [-0.1, -0.05) is 140 Å². The van der Waals surface area contributed by atoms with Gasteiger partial charge in [0.05, 0.1) is 11.0 Å². The number of hydrogen-bond donors (Lipinski definition) is 0. The number of nitrogens with zero attached hydrogens (tertiary/aromatic N) is 2. The van der Waals surface area contributed by atoms with Crippen LogP contribution in [0.25, 0.3) is 72.0 Å². The zero-order valence-electron chi connectivity index (χ0n) is 28.8. The molecule has 0 N–H and O–H groups in total. The highest BCUT2D eigenvalue weighted by molar-refractivity contribution is 6.11. The van der Waals surface area contributed by atoms with Gasteiger partial charge < -0.3 is 9.47 Å². The van der Waals surface area contributed by atoms with Crippen molar-refractivity contribution in [1.82, 2.24) is 4.57 Å². The molecule has 0 atom stereocenters. The third-order valence-electron chi connectivity index (χ3n) is 10.7. The second kappa shape index (κ2) is 12.6. The van der Waals surface area contributed by atoms with Crippen LogP contribution < -0.4 is 4.90 Å². The molecule has 1 aromatic heterocycles. The summed E-state index contributed by atoms with van der Waals surface area (Å²) >= 11 is 0. The number of aromatic nitrogens is 1. The van der Waals surface area contributed by atoms with E-state index in [1.165, 1.54) is 83.3 Å². The second-order valence-electron chi connectivity index (χ2n) is 13.7. The molecule has 10 rings (SSSR count). The highest BCUT2D eigenvalue weighted by atomic mass is 15.2. The number of anilines is 2. The largest absolute Gasteiger partial charge is 0.341 e. The van der Waals surface area contributed by atoms with Crippen LogP contribution in [0.4, 0.5) is 11.4 Å².